The van der Waals surface area contributed by atoms with Crippen LogP contribution in [0.25, 0.3) is 0 Å². The zero-order chi connectivity index (χ0) is 20.7. The highest BCUT2D eigenvalue weighted by molar-refractivity contribution is 5.77. The molecule has 1 amide bonds. The molecule has 1 aromatic carbocycles. The maximum absolute atomic E-state index is 12.0. The molecular formula is C26H38N2O2. The Kier molecular flexibility index (Phi) is 5.55. The molecule has 4 aliphatic rings. The van der Waals surface area contributed by atoms with Gasteiger partial charge in [0.25, 0.3) is 0 Å². The number of nitrogens with zero attached hydrogens (tertiary/aromatic N) is 1. The number of likely N-dealkylation sites (tertiary alicyclic amines) is 1. The number of aryl methyl sites for hydroxylation is 1. The van der Waals surface area contributed by atoms with Gasteiger partial charge in [-0.25, -0.2) is 0 Å². The van der Waals surface area contributed by atoms with Gasteiger partial charge in [-0.15, -0.1) is 0 Å². The molecule has 2 saturated heterocycles. The van der Waals surface area contributed by atoms with Crippen LogP contribution in [-0.2, 0) is 11.2 Å². The van der Waals surface area contributed by atoms with Crippen molar-refractivity contribution < 1.29 is 9.53 Å². The Balaban J connectivity index is 1.21. The summed E-state index contributed by atoms with van der Waals surface area (Å²) in [6, 6.07) is 7.63. The molecule has 0 unspecified atom stereocenters. The molecule has 1 saturated carbocycles. The zero-order valence-corrected chi connectivity index (χ0v) is 18.8. The summed E-state index contributed by atoms with van der Waals surface area (Å²) in [5, 5.41) is 3.35. The van der Waals surface area contributed by atoms with Gasteiger partial charge in [-0.1, -0.05) is 6.07 Å². The second-order valence-electron chi connectivity index (χ2n) is 10.5. The number of ether oxygens (including phenoxy) is 1. The minimum atomic E-state index is 0.0178. The first-order valence-electron chi connectivity index (χ1n) is 12.3. The fourth-order valence-electron chi connectivity index (χ4n) is 7.11. The quantitative estimate of drug-likeness (QED) is 0.718. The van der Waals surface area contributed by atoms with Crippen molar-refractivity contribution in [1.29, 1.82) is 0 Å². The number of fused-ring (bicyclic) bond motifs is 5. The second-order valence-corrected chi connectivity index (χ2v) is 10.5. The first kappa shape index (κ1) is 20.4. The van der Waals surface area contributed by atoms with Crippen LogP contribution in [0.2, 0.25) is 0 Å². The Labute approximate surface area is 181 Å². The smallest absolute Gasteiger partial charge is 0.220 e. The summed E-state index contributed by atoms with van der Waals surface area (Å²) in [5.41, 5.74) is 3.08. The number of carbonyl (C=O) groups excluding carboxylic acids is 1. The number of amides is 1. The number of carbonyl (C=O) groups is 1. The van der Waals surface area contributed by atoms with Gasteiger partial charge in [0.05, 0.1) is 6.61 Å². The van der Waals surface area contributed by atoms with Crippen LogP contribution < -0.4 is 10.1 Å². The minimum Gasteiger partial charge on any atom is -0.494 e. The highest BCUT2D eigenvalue weighted by atomic mass is 16.5. The highest BCUT2D eigenvalue weighted by Crippen LogP contribution is 2.53. The maximum atomic E-state index is 12.0. The predicted molar refractivity (Wildman–Crippen MR) is 120 cm³/mol. The van der Waals surface area contributed by atoms with Gasteiger partial charge in [-0.3, -0.25) is 4.79 Å². The number of benzene rings is 1. The lowest BCUT2D eigenvalue weighted by atomic mass is 9.55. The molecule has 2 aliphatic heterocycles. The van der Waals surface area contributed by atoms with E-state index in [2.05, 4.69) is 42.3 Å². The maximum Gasteiger partial charge on any atom is 0.220 e. The Morgan fingerprint density at radius 1 is 1.20 bits per heavy atom. The fraction of sp³-hybridized carbons (Fsp3) is 0.731. The van der Waals surface area contributed by atoms with Crippen LogP contribution in [-0.4, -0.2) is 42.1 Å². The fourth-order valence-corrected chi connectivity index (χ4v) is 7.11. The first-order valence-corrected chi connectivity index (χ1v) is 12.3. The lowest BCUT2D eigenvalue weighted by molar-refractivity contribution is -0.129. The molecule has 1 aromatic rings. The summed E-state index contributed by atoms with van der Waals surface area (Å²) in [5.74, 6) is 3.31. The lowest BCUT2D eigenvalue weighted by Gasteiger charge is -2.54. The van der Waals surface area contributed by atoms with Crippen LogP contribution in [0.4, 0.5) is 0 Å². The van der Waals surface area contributed by atoms with Crippen LogP contribution in [0.15, 0.2) is 18.2 Å². The number of rotatable bonds is 5. The van der Waals surface area contributed by atoms with Crippen molar-refractivity contribution in [3.63, 3.8) is 0 Å². The summed E-state index contributed by atoms with van der Waals surface area (Å²) in [6.07, 6.45) is 10.3. The van der Waals surface area contributed by atoms with E-state index < -0.39 is 0 Å². The topological polar surface area (TPSA) is 41.6 Å². The van der Waals surface area contributed by atoms with E-state index in [1.54, 1.807) is 5.56 Å². The summed E-state index contributed by atoms with van der Waals surface area (Å²) in [4.78, 5) is 14.6. The van der Waals surface area contributed by atoms with Crippen molar-refractivity contribution >= 4 is 5.91 Å². The van der Waals surface area contributed by atoms with Crippen molar-refractivity contribution in [3.8, 4) is 5.75 Å². The number of piperidine rings is 1. The van der Waals surface area contributed by atoms with Gasteiger partial charge in [-0.2, -0.15) is 0 Å². The van der Waals surface area contributed by atoms with Gasteiger partial charge in [0.1, 0.15) is 5.75 Å². The molecule has 5 atom stereocenters. The Hall–Kier alpha value is -1.55. The van der Waals surface area contributed by atoms with E-state index in [1.807, 2.05) is 0 Å². The molecule has 30 heavy (non-hydrogen) atoms. The van der Waals surface area contributed by atoms with Crippen LogP contribution in [0.5, 0.6) is 5.75 Å². The first-order chi connectivity index (χ1) is 14.5. The van der Waals surface area contributed by atoms with Gasteiger partial charge >= 0.3 is 0 Å². The van der Waals surface area contributed by atoms with Gasteiger partial charge in [0, 0.05) is 24.5 Å². The van der Waals surface area contributed by atoms with Gasteiger partial charge in [0.2, 0.25) is 5.91 Å². The van der Waals surface area contributed by atoms with Crippen molar-refractivity contribution in [2.24, 2.45) is 11.8 Å². The van der Waals surface area contributed by atoms with E-state index in [1.165, 1.54) is 37.8 Å². The average Bonchev–Trinajstić information content (AvgIpc) is 3.14. The number of hydrogen-bond acceptors (Lipinski definition) is 3. The average molecular weight is 411 g/mol. The molecule has 0 radical (unpaired) electrons. The predicted octanol–water partition coefficient (Wildman–Crippen LogP) is 4.66. The molecular weight excluding hydrogens is 372 g/mol. The van der Waals surface area contributed by atoms with Crippen LogP contribution in [0.3, 0.4) is 0 Å². The van der Waals surface area contributed by atoms with Crippen molar-refractivity contribution in [2.45, 2.75) is 89.1 Å². The lowest BCUT2D eigenvalue weighted by Crippen LogP contribution is -2.60. The molecule has 4 heteroatoms. The van der Waals surface area contributed by atoms with E-state index >= 15 is 0 Å². The molecule has 2 heterocycles. The van der Waals surface area contributed by atoms with E-state index in [0.29, 0.717) is 24.2 Å². The van der Waals surface area contributed by atoms with Crippen LogP contribution >= 0.6 is 0 Å². The highest BCUT2D eigenvalue weighted by Gasteiger charge is 2.50. The van der Waals surface area contributed by atoms with E-state index in [0.717, 1.165) is 50.6 Å². The number of nitrogens with one attached hydrogen (secondary N) is 1. The molecule has 3 fully saturated rings. The van der Waals surface area contributed by atoms with Crippen molar-refractivity contribution in [2.75, 3.05) is 19.7 Å². The SMILES string of the molecule is C[C@@H]1CCCN1CCCOc1ccc2c(c1)CC[C@@H]1[C@@H]2CC[C@]2(C)NC(=O)CC[C@@H]12. The third-order valence-corrected chi connectivity index (χ3v) is 8.74. The Morgan fingerprint density at radius 3 is 2.93 bits per heavy atom. The van der Waals surface area contributed by atoms with Crippen molar-refractivity contribution in [1.82, 2.24) is 10.2 Å². The molecule has 0 aromatic heterocycles. The van der Waals surface area contributed by atoms with Gasteiger partial charge in [-0.05, 0) is 113 Å². The molecule has 4 nitrogen and oxygen atoms in total. The van der Waals surface area contributed by atoms with E-state index in [-0.39, 0.29) is 11.4 Å². The van der Waals surface area contributed by atoms with Crippen LogP contribution in [0, 0.1) is 11.8 Å². The van der Waals surface area contributed by atoms with Crippen LogP contribution in [0.1, 0.15) is 82.3 Å². The molecule has 0 spiro atoms. The monoisotopic (exact) mass is 410 g/mol. The van der Waals surface area contributed by atoms with Gasteiger partial charge in [0.15, 0.2) is 0 Å². The van der Waals surface area contributed by atoms with E-state index in [9.17, 15) is 4.79 Å². The summed E-state index contributed by atoms with van der Waals surface area (Å²) in [6.45, 7) is 7.87. The Morgan fingerprint density at radius 2 is 2.10 bits per heavy atom. The third kappa shape index (κ3) is 3.77. The normalized spacial score (nSPS) is 35.9. The molecule has 0 bridgehead atoms. The standard InChI is InChI=1S/C26H38N2O2/c1-18-5-3-14-28(18)15-4-16-30-20-7-9-21-19(17-20)6-8-23-22(21)12-13-26(2)24(23)10-11-25(29)27-26/h7,9,17-18,22-24H,3-6,8,10-16H2,1-2H3,(H,27,29)/t18-,22-,23-,24+,26+/m1/s1. The summed E-state index contributed by atoms with van der Waals surface area (Å²) in [7, 11) is 0. The summed E-state index contributed by atoms with van der Waals surface area (Å²) >= 11 is 0. The second kappa shape index (κ2) is 8.18. The molecule has 1 N–H and O–H groups in total. The third-order valence-electron chi connectivity index (χ3n) is 8.74. The van der Waals surface area contributed by atoms with E-state index in [4.69, 9.17) is 4.74 Å². The largest absolute Gasteiger partial charge is 0.494 e. The summed E-state index contributed by atoms with van der Waals surface area (Å²) < 4.78 is 6.14. The van der Waals surface area contributed by atoms with Gasteiger partial charge < -0.3 is 15.0 Å². The molecule has 164 valence electrons. The Bertz CT molecular complexity index is 793. The number of hydrogen-bond donors (Lipinski definition) is 1. The minimum absolute atomic E-state index is 0.0178. The zero-order valence-electron chi connectivity index (χ0n) is 18.8. The molecule has 2 aliphatic carbocycles. The molecule has 5 rings (SSSR count). The van der Waals surface area contributed by atoms with Crippen molar-refractivity contribution in [3.05, 3.63) is 29.3 Å².